The molecule has 1 saturated heterocycles. The Morgan fingerprint density at radius 1 is 1.18 bits per heavy atom. The van der Waals surface area contributed by atoms with Gasteiger partial charge in [-0.25, -0.2) is 8.96 Å². The second-order valence-corrected chi connectivity index (χ2v) is 8.49. The highest BCUT2D eigenvalue weighted by molar-refractivity contribution is 7.87. The van der Waals surface area contributed by atoms with Crippen molar-refractivity contribution in [3.05, 3.63) is 12.5 Å². The lowest BCUT2D eigenvalue weighted by atomic mass is 9.86. The first kappa shape index (κ1) is 17.5. The number of aromatic nitrogens is 2. The molecule has 2 atom stereocenters. The van der Waals surface area contributed by atoms with Crippen LogP contribution in [-0.2, 0) is 19.5 Å². The fraction of sp³-hybridized carbons (Fsp3) is 0.769. The second kappa shape index (κ2) is 6.31. The summed E-state index contributed by atoms with van der Waals surface area (Å²) < 4.78 is 38.3. The van der Waals surface area contributed by atoms with Crippen molar-refractivity contribution < 1.29 is 17.7 Å². The van der Waals surface area contributed by atoms with Gasteiger partial charge in [0.2, 0.25) is 0 Å². The average Bonchev–Trinajstić information content (AvgIpc) is 3.05. The van der Waals surface area contributed by atoms with Crippen molar-refractivity contribution in [2.24, 2.45) is 11.8 Å². The van der Waals surface area contributed by atoms with E-state index in [-0.39, 0.29) is 12.2 Å². The number of hydrogen-bond donors (Lipinski definition) is 0. The van der Waals surface area contributed by atoms with Gasteiger partial charge in [-0.15, -0.1) is 0 Å². The molecule has 2 heterocycles. The minimum absolute atomic E-state index is 0.0272. The van der Waals surface area contributed by atoms with Crippen molar-refractivity contribution in [1.29, 1.82) is 0 Å². The van der Waals surface area contributed by atoms with Crippen molar-refractivity contribution >= 4 is 22.9 Å². The molecule has 1 fully saturated rings. The third-order valence-corrected chi connectivity index (χ3v) is 5.40. The molecule has 124 valence electrons. The molecular weight excluding hydrogens is 305 g/mol. The Balaban J connectivity index is 2.22. The summed E-state index contributed by atoms with van der Waals surface area (Å²) >= 11 is 0. The summed E-state index contributed by atoms with van der Waals surface area (Å²) in [5, 5.41) is 0. The van der Waals surface area contributed by atoms with Crippen LogP contribution in [0.4, 0.5) is 0 Å². The monoisotopic (exact) mass is 329 g/mol. The van der Waals surface area contributed by atoms with Crippen LogP contribution in [0.15, 0.2) is 12.5 Å². The highest BCUT2D eigenvalue weighted by Gasteiger charge is 2.44. The first-order valence-electron chi connectivity index (χ1n) is 7.42. The molecule has 1 aliphatic rings. The summed E-state index contributed by atoms with van der Waals surface area (Å²) in [7, 11) is -1.25. The van der Waals surface area contributed by atoms with Crippen LogP contribution in [0.25, 0.3) is 0 Å². The van der Waals surface area contributed by atoms with Crippen molar-refractivity contribution in [2.45, 2.75) is 39.9 Å². The Morgan fingerprint density at radius 2 is 1.68 bits per heavy atom. The van der Waals surface area contributed by atoms with E-state index in [9.17, 15) is 8.42 Å². The summed E-state index contributed by atoms with van der Waals surface area (Å²) in [4.78, 5) is 4.14. The van der Waals surface area contributed by atoms with Gasteiger partial charge in [-0.1, -0.05) is 27.7 Å². The molecule has 0 saturated carbocycles. The Morgan fingerprint density at radius 3 is 2.09 bits per heavy atom. The molecule has 0 aromatic carbocycles. The van der Waals surface area contributed by atoms with Crippen molar-refractivity contribution in [1.82, 2.24) is 13.3 Å². The van der Waals surface area contributed by atoms with Gasteiger partial charge in [-0.3, -0.25) is 0 Å². The van der Waals surface area contributed by atoms with E-state index in [0.29, 0.717) is 17.4 Å². The predicted molar refractivity (Wildman–Crippen MR) is 85.0 cm³/mol. The quantitative estimate of drug-likeness (QED) is 0.728. The van der Waals surface area contributed by atoms with Gasteiger partial charge in [-0.2, -0.15) is 12.7 Å². The second-order valence-electron chi connectivity index (χ2n) is 6.44. The Labute approximate surface area is 132 Å². The van der Waals surface area contributed by atoms with Crippen LogP contribution in [0.5, 0.6) is 0 Å². The number of hydrogen-bond acceptors (Lipinski definition) is 5. The van der Waals surface area contributed by atoms with Gasteiger partial charge in [0.25, 0.3) is 0 Å². The summed E-state index contributed by atoms with van der Waals surface area (Å²) in [5.41, 5.74) is 0.472. The van der Waals surface area contributed by atoms with Crippen LogP contribution in [0.2, 0.25) is 0 Å². The van der Waals surface area contributed by atoms with Gasteiger partial charge in [0.1, 0.15) is 6.33 Å². The van der Waals surface area contributed by atoms with Crippen LogP contribution in [-0.4, -0.2) is 55.1 Å². The largest absolute Gasteiger partial charge is 0.515 e. The third-order valence-electron chi connectivity index (χ3n) is 3.75. The molecule has 0 spiro atoms. The zero-order valence-electron chi connectivity index (χ0n) is 13.9. The van der Waals surface area contributed by atoms with Crippen molar-refractivity contribution in [3.8, 4) is 0 Å². The van der Waals surface area contributed by atoms with Crippen LogP contribution >= 0.6 is 0 Å². The molecule has 0 N–H and O–H groups in total. The fourth-order valence-electron chi connectivity index (χ4n) is 2.44. The van der Waals surface area contributed by atoms with Crippen molar-refractivity contribution in [2.75, 3.05) is 14.1 Å². The first-order chi connectivity index (χ1) is 10.1. The number of rotatable bonds is 5. The van der Waals surface area contributed by atoms with Gasteiger partial charge in [0.05, 0.1) is 17.8 Å². The minimum Gasteiger partial charge on any atom is -0.401 e. The lowest BCUT2D eigenvalue weighted by molar-refractivity contribution is 0.0815. The van der Waals surface area contributed by atoms with Gasteiger partial charge in [0.15, 0.2) is 0 Å². The average molecular weight is 329 g/mol. The fourth-order valence-corrected chi connectivity index (χ4v) is 3.23. The standard InChI is InChI=1S/C13H24BN3O4S/c1-9(2)12-13(10(3)4)21-14(20-12)11-7-17(8-15-11)22(18,19)16(5)6/h7-10,12-13H,1-6H3. The van der Waals surface area contributed by atoms with Gasteiger partial charge in [-0.05, 0) is 11.8 Å². The molecule has 0 bridgehead atoms. The van der Waals surface area contributed by atoms with E-state index in [1.807, 2.05) is 0 Å². The van der Waals surface area contributed by atoms with E-state index in [1.165, 1.54) is 26.6 Å². The van der Waals surface area contributed by atoms with E-state index in [2.05, 4.69) is 32.7 Å². The number of nitrogens with zero attached hydrogens (tertiary/aromatic N) is 3. The summed E-state index contributed by atoms with van der Waals surface area (Å²) in [6.07, 6.45) is 2.66. The number of imidazole rings is 1. The van der Waals surface area contributed by atoms with Crippen LogP contribution < -0.4 is 5.59 Å². The van der Waals surface area contributed by atoms with E-state index in [4.69, 9.17) is 9.31 Å². The lowest BCUT2D eigenvalue weighted by Gasteiger charge is -2.24. The summed E-state index contributed by atoms with van der Waals surface area (Å²) in [6.45, 7) is 8.34. The lowest BCUT2D eigenvalue weighted by Crippen LogP contribution is -2.35. The third kappa shape index (κ3) is 3.22. The molecule has 0 radical (unpaired) electrons. The Bertz CT molecular complexity index is 599. The highest BCUT2D eigenvalue weighted by atomic mass is 32.2. The molecule has 9 heteroatoms. The maximum atomic E-state index is 12.1. The normalized spacial score (nSPS) is 23.2. The zero-order chi connectivity index (χ0) is 16.7. The molecular formula is C13H24BN3O4S. The Kier molecular flexibility index (Phi) is 5.01. The molecule has 22 heavy (non-hydrogen) atoms. The maximum Gasteiger partial charge on any atom is 0.515 e. The molecule has 1 aromatic heterocycles. The molecule has 0 aliphatic carbocycles. The molecule has 0 amide bonds. The van der Waals surface area contributed by atoms with E-state index < -0.39 is 17.3 Å². The van der Waals surface area contributed by atoms with E-state index in [0.717, 1.165) is 8.28 Å². The SMILES string of the molecule is CC(C)C1OB(c2cn(S(=O)(=O)N(C)C)cn2)OC1C(C)C. The van der Waals surface area contributed by atoms with Gasteiger partial charge in [0, 0.05) is 20.3 Å². The molecule has 2 unspecified atom stereocenters. The summed E-state index contributed by atoms with van der Waals surface area (Å²) in [5.74, 6) is 0.620. The molecule has 7 nitrogen and oxygen atoms in total. The van der Waals surface area contributed by atoms with Gasteiger partial charge < -0.3 is 9.31 Å². The van der Waals surface area contributed by atoms with E-state index >= 15 is 0 Å². The van der Waals surface area contributed by atoms with E-state index in [1.54, 1.807) is 0 Å². The summed E-state index contributed by atoms with van der Waals surface area (Å²) in [6, 6.07) is 0. The van der Waals surface area contributed by atoms with Gasteiger partial charge >= 0.3 is 17.3 Å². The molecule has 1 aromatic rings. The maximum absolute atomic E-state index is 12.1. The van der Waals surface area contributed by atoms with Crippen molar-refractivity contribution in [3.63, 3.8) is 0 Å². The minimum atomic E-state index is -3.57. The highest BCUT2D eigenvalue weighted by Crippen LogP contribution is 2.27. The topological polar surface area (TPSA) is 73.7 Å². The predicted octanol–water partition coefficient (Wildman–Crippen LogP) is 0.329. The zero-order valence-corrected chi connectivity index (χ0v) is 14.7. The Hall–Kier alpha value is -0.895. The molecule has 2 rings (SSSR count). The first-order valence-corrected chi connectivity index (χ1v) is 8.82. The van der Waals surface area contributed by atoms with Crippen LogP contribution in [0, 0.1) is 11.8 Å². The van der Waals surface area contributed by atoms with Crippen LogP contribution in [0.3, 0.4) is 0 Å². The smallest absolute Gasteiger partial charge is 0.401 e. The molecule has 1 aliphatic heterocycles. The van der Waals surface area contributed by atoms with Crippen LogP contribution in [0.1, 0.15) is 27.7 Å².